The summed E-state index contributed by atoms with van der Waals surface area (Å²) in [7, 11) is 1.52. The molecule has 2 aromatic rings. The minimum atomic E-state index is -1.00. The Kier molecular flexibility index (Phi) is 3.92. The Hall–Kier alpha value is -1.79. The van der Waals surface area contributed by atoms with E-state index in [4.69, 9.17) is 21.4 Å². The molecule has 0 fully saturated rings. The molecule has 2 N–H and O–H groups in total. The van der Waals surface area contributed by atoms with Gasteiger partial charge in [0.25, 0.3) is 0 Å². The van der Waals surface area contributed by atoms with Gasteiger partial charge in [-0.3, -0.25) is 0 Å². The monoisotopic (exact) mass is 298 g/mol. The molecule has 0 aliphatic heterocycles. The minimum Gasteiger partial charge on any atom is -0.495 e. The number of aromatic nitrogens is 1. The minimum absolute atomic E-state index is 0.180. The lowest BCUT2D eigenvalue weighted by atomic mass is 10.2. The molecule has 0 amide bonds. The van der Waals surface area contributed by atoms with E-state index in [0.29, 0.717) is 27.2 Å². The second kappa shape index (κ2) is 5.46. The third kappa shape index (κ3) is 2.80. The smallest absolute Gasteiger partial charge is 0.340 e. The molecule has 100 valence electrons. The van der Waals surface area contributed by atoms with Gasteiger partial charge in [-0.15, -0.1) is 0 Å². The molecule has 0 saturated heterocycles. The third-order valence-electron chi connectivity index (χ3n) is 2.49. The number of nitrogens with one attached hydrogen (secondary N) is 1. The predicted octanol–water partition coefficient (Wildman–Crippen LogP) is 3.56. The van der Waals surface area contributed by atoms with Gasteiger partial charge in [0.1, 0.15) is 16.3 Å². The molecule has 0 aliphatic carbocycles. The van der Waals surface area contributed by atoms with Crippen molar-refractivity contribution in [2.75, 3.05) is 12.4 Å². The van der Waals surface area contributed by atoms with Crippen molar-refractivity contribution in [3.8, 4) is 5.75 Å². The van der Waals surface area contributed by atoms with Gasteiger partial charge < -0.3 is 15.2 Å². The topological polar surface area (TPSA) is 71.5 Å². The lowest BCUT2D eigenvalue weighted by Gasteiger charge is -2.08. The summed E-state index contributed by atoms with van der Waals surface area (Å²) in [5, 5.41) is 13.1. The lowest BCUT2D eigenvalue weighted by Crippen LogP contribution is -2.01. The van der Waals surface area contributed by atoms with Crippen LogP contribution in [0.3, 0.4) is 0 Å². The summed E-state index contributed by atoms with van der Waals surface area (Å²) in [4.78, 5) is 11.2. The average molecular weight is 299 g/mol. The number of nitrogens with zero attached hydrogens (tertiary/aromatic N) is 1. The first-order valence-corrected chi connectivity index (χ1v) is 6.48. The SMILES string of the molecule is COc1cc(Nc2snc(C)c2C(=O)O)ccc1Cl. The molecule has 0 radical (unpaired) electrons. The normalized spacial score (nSPS) is 10.3. The highest BCUT2D eigenvalue weighted by Gasteiger charge is 2.17. The number of methoxy groups -OCH3 is 1. The molecular weight excluding hydrogens is 288 g/mol. The molecule has 1 aromatic heterocycles. The zero-order valence-electron chi connectivity index (χ0n) is 10.2. The summed E-state index contributed by atoms with van der Waals surface area (Å²) in [6.45, 7) is 1.66. The van der Waals surface area contributed by atoms with Crippen LogP contribution in [0.5, 0.6) is 5.75 Å². The molecule has 2 rings (SSSR count). The van der Waals surface area contributed by atoms with Crippen LogP contribution < -0.4 is 10.1 Å². The van der Waals surface area contributed by atoms with Gasteiger partial charge in [0.15, 0.2) is 0 Å². The van der Waals surface area contributed by atoms with Crippen molar-refractivity contribution in [3.05, 3.63) is 34.5 Å². The van der Waals surface area contributed by atoms with Crippen molar-refractivity contribution in [3.63, 3.8) is 0 Å². The predicted molar refractivity (Wildman–Crippen MR) is 75.1 cm³/mol. The fourth-order valence-electron chi connectivity index (χ4n) is 1.58. The maximum atomic E-state index is 11.2. The quantitative estimate of drug-likeness (QED) is 0.903. The number of ether oxygens (including phenoxy) is 1. The maximum absolute atomic E-state index is 11.2. The standard InChI is InChI=1S/C12H11ClN2O3S/c1-6-10(12(16)17)11(19-15-6)14-7-3-4-8(13)9(5-7)18-2/h3-5,14H,1-2H3,(H,16,17). The highest BCUT2D eigenvalue weighted by Crippen LogP contribution is 2.32. The number of hydrogen-bond acceptors (Lipinski definition) is 5. The lowest BCUT2D eigenvalue weighted by molar-refractivity contribution is 0.0697. The Morgan fingerprint density at radius 3 is 2.89 bits per heavy atom. The number of rotatable bonds is 4. The zero-order chi connectivity index (χ0) is 14.0. The number of benzene rings is 1. The Balaban J connectivity index is 2.34. The van der Waals surface area contributed by atoms with Crippen LogP contribution in [-0.2, 0) is 0 Å². The van der Waals surface area contributed by atoms with E-state index < -0.39 is 5.97 Å². The number of carboxylic acid groups (broad SMARTS) is 1. The Morgan fingerprint density at radius 2 is 2.26 bits per heavy atom. The van der Waals surface area contributed by atoms with E-state index >= 15 is 0 Å². The number of aryl methyl sites for hydroxylation is 1. The molecule has 0 saturated carbocycles. The average Bonchev–Trinajstić information content (AvgIpc) is 2.73. The van der Waals surface area contributed by atoms with Gasteiger partial charge in [0.05, 0.1) is 17.8 Å². The van der Waals surface area contributed by atoms with Gasteiger partial charge >= 0.3 is 5.97 Å². The fraction of sp³-hybridized carbons (Fsp3) is 0.167. The van der Waals surface area contributed by atoms with E-state index in [-0.39, 0.29) is 5.56 Å². The summed E-state index contributed by atoms with van der Waals surface area (Å²) in [6, 6.07) is 5.12. The molecule has 7 heteroatoms. The summed E-state index contributed by atoms with van der Waals surface area (Å²) in [5.74, 6) is -0.487. The largest absolute Gasteiger partial charge is 0.495 e. The number of hydrogen-bond donors (Lipinski definition) is 2. The van der Waals surface area contributed by atoms with Crippen molar-refractivity contribution in [1.82, 2.24) is 4.37 Å². The molecule has 0 bridgehead atoms. The van der Waals surface area contributed by atoms with E-state index in [0.717, 1.165) is 11.5 Å². The Morgan fingerprint density at radius 1 is 1.53 bits per heavy atom. The molecule has 0 spiro atoms. The van der Waals surface area contributed by atoms with E-state index in [2.05, 4.69) is 9.69 Å². The van der Waals surface area contributed by atoms with Gasteiger partial charge in [-0.1, -0.05) is 11.6 Å². The Labute approximate surface area is 119 Å². The molecule has 0 aliphatic rings. The fourth-order valence-corrected chi connectivity index (χ4v) is 2.58. The van der Waals surface area contributed by atoms with Crippen LogP contribution in [0.4, 0.5) is 10.7 Å². The van der Waals surface area contributed by atoms with Gasteiger partial charge in [0, 0.05) is 11.8 Å². The van der Waals surface area contributed by atoms with E-state index in [1.54, 1.807) is 25.1 Å². The highest BCUT2D eigenvalue weighted by atomic mass is 35.5. The molecule has 1 aromatic carbocycles. The molecule has 5 nitrogen and oxygen atoms in total. The van der Waals surface area contributed by atoms with Gasteiger partial charge in [0.2, 0.25) is 0 Å². The van der Waals surface area contributed by atoms with E-state index in [9.17, 15) is 4.79 Å². The molecule has 19 heavy (non-hydrogen) atoms. The number of anilines is 2. The summed E-state index contributed by atoms with van der Waals surface area (Å²) >= 11 is 7.03. The maximum Gasteiger partial charge on any atom is 0.340 e. The second-order valence-electron chi connectivity index (χ2n) is 3.75. The van der Waals surface area contributed by atoms with E-state index in [1.807, 2.05) is 0 Å². The first-order chi connectivity index (χ1) is 9.02. The molecule has 1 heterocycles. The van der Waals surface area contributed by atoms with Gasteiger partial charge in [-0.05, 0) is 30.6 Å². The van der Waals surface area contributed by atoms with Crippen LogP contribution >= 0.6 is 23.1 Å². The molecular formula is C12H11ClN2O3S. The van der Waals surface area contributed by atoms with Crippen molar-refractivity contribution in [2.24, 2.45) is 0 Å². The summed E-state index contributed by atoms with van der Waals surface area (Å²) in [6.07, 6.45) is 0. The van der Waals surface area contributed by atoms with Crippen LogP contribution in [0, 0.1) is 6.92 Å². The van der Waals surface area contributed by atoms with Crippen LogP contribution in [0.2, 0.25) is 5.02 Å². The van der Waals surface area contributed by atoms with Crippen LogP contribution in [-0.4, -0.2) is 22.6 Å². The third-order valence-corrected chi connectivity index (χ3v) is 3.65. The van der Waals surface area contributed by atoms with Crippen molar-refractivity contribution in [2.45, 2.75) is 6.92 Å². The van der Waals surface area contributed by atoms with Crippen LogP contribution in [0.25, 0.3) is 0 Å². The highest BCUT2D eigenvalue weighted by molar-refractivity contribution is 7.10. The van der Waals surface area contributed by atoms with Gasteiger partial charge in [-0.2, -0.15) is 4.37 Å². The number of halogens is 1. The number of aromatic carboxylic acids is 1. The van der Waals surface area contributed by atoms with Crippen molar-refractivity contribution in [1.29, 1.82) is 0 Å². The van der Waals surface area contributed by atoms with Crippen molar-refractivity contribution < 1.29 is 14.6 Å². The first kappa shape index (κ1) is 13.6. The van der Waals surface area contributed by atoms with Crippen LogP contribution in [0.15, 0.2) is 18.2 Å². The van der Waals surface area contributed by atoms with E-state index in [1.165, 1.54) is 7.11 Å². The Bertz CT molecular complexity index is 627. The number of carbonyl (C=O) groups is 1. The first-order valence-electron chi connectivity index (χ1n) is 5.33. The molecule has 0 unspecified atom stereocenters. The summed E-state index contributed by atoms with van der Waals surface area (Å²) in [5.41, 5.74) is 1.35. The second-order valence-corrected chi connectivity index (χ2v) is 4.93. The molecule has 0 atom stereocenters. The van der Waals surface area contributed by atoms with Crippen LogP contribution in [0.1, 0.15) is 16.1 Å². The van der Waals surface area contributed by atoms with Gasteiger partial charge in [-0.25, -0.2) is 4.79 Å². The zero-order valence-corrected chi connectivity index (χ0v) is 11.8. The summed E-state index contributed by atoms with van der Waals surface area (Å²) < 4.78 is 9.14. The van der Waals surface area contributed by atoms with Crippen molar-refractivity contribution >= 4 is 39.8 Å². The number of carboxylic acids is 1.